The van der Waals surface area contributed by atoms with Crippen molar-refractivity contribution in [3.05, 3.63) is 48.0 Å². The van der Waals surface area contributed by atoms with Crippen LogP contribution in [0, 0.1) is 0 Å². The van der Waals surface area contributed by atoms with Crippen LogP contribution >= 0.6 is 0 Å². The predicted octanol–water partition coefficient (Wildman–Crippen LogP) is 5.74. The van der Waals surface area contributed by atoms with E-state index in [1.54, 1.807) is 14.2 Å². The Morgan fingerprint density at radius 3 is 2.20 bits per heavy atom. The highest BCUT2D eigenvalue weighted by Crippen LogP contribution is 2.50. The first kappa shape index (κ1) is 19.7. The molecule has 4 nitrogen and oxygen atoms in total. The lowest BCUT2D eigenvalue weighted by molar-refractivity contribution is 0.128. The summed E-state index contributed by atoms with van der Waals surface area (Å²) in [5, 5.41) is 0. The third-order valence-electron chi connectivity index (χ3n) is 7.52. The van der Waals surface area contributed by atoms with Crippen molar-refractivity contribution >= 4 is 11.4 Å². The standard InChI is InChI=1S/C26H34N2O2/c1-29-21-11-9-20(10-12-21)28-25-14-13-22(30-2)17-23(25)24-18-27(16-15-26(24)28)19-7-5-3-4-6-8-19/h9-14,17,19,24,26H,3-8,15-16,18H2,1-2H3/t24-,26+/m0/s1. The molecule has 2 heterocycles. The van der Waals surface area contributed by atoms with Gasteiger partial charge in [-0.05, 0) is 67.3 Å². The topological polar surface area (TPSA) is 24.9 Å². The zero-order valence-electron chi connectivity index (χ0n) is 18.3. The molecule has 0 N–H and O–H groups in total. The van der Waals surface area contributed by atoms with E-state index in [2.05, 4.69) is 52.3 Å². The fraction of sp³-hybridized carbons (Fsp3) is 0.538. The van der Waals surface area contributed by atoms with E-state index in [9.17, 15) is 0 Å². The van der Waals surface area contributed by atoms with E-state index in [0.29, 0.717) is 12.0 Å². The van der Waals surface area contributed by atoms with Gasteiger partial charge < -0.3 is 14.4 Å². The average Bonchev–Trinajstić information content (AvgIpc) is 2.94. The van der Waals surface area contributed by atoms with E-state index >= 15 is 0 Å². The van der Waals surface area contributed by atoms with Crippen LogP contribution in [0.2, 0.25) is 0 Å². The number of fused-ring (bicyclic) bond motifs is 3. The molecule has 1 aliphatic carbocycles. The molecule has 0 bridgehead atoms. The predicted molar refractivity (Wildman–Crippen MR) is 122 cm³/mol. The van der Waals surface area contributed by atoms with Gasteiger partial charge in [-0.2, -0.15) is 0 Å². The summed E-state index contributed by atoms with van der Waals surface area (Å²) in [6.07, 6.45) is 9.61. The molecular weight excluding hydrogens is 372 g/mol. The molecule has 160 valence electrons. The molecular formula is C26H34N2O2. The maximum Gasteiger partial charge on any atom is 0.119 e. The summed E-state index contributed by atoms with van der Waals surface area (Å²) < 4.78 is 11.0. The van der Waals surface area contributed by atoms with E-state index in [4.69, 9.17) is 9.47 Å². The van der Waals surface area contributed by atoms with Gasteiger partial charge in [0, 0.05) is 42.5 Å². The molecule has 0 radical (unpaired) electrons. The Morgan fingerprint density at radius 2 is 1.50 bits per heavy atom. The molecule has 2 fully saturated rings. The molecule has 0 unspecified atom stereocenters. The molecule has 2 aromatic carbocycles. The zero-order chi connectivity index (χ0) is 20.5. The van der Waals surface area contributed by atoms with Crippen LogP contribution in [0.4, 0.5) is 11.4 Å². The molecule has 0 aromatic heterocycles. The van der Waals surface area contributed by atoms with Crippen LogP contribution in [-0.2, 0) is 0 Å². The first-order valence-corrected chi connectivity index (χ1v) is 11.6. The van der Waals surface area contributed by atoms with E-state index in [-0.39, 0.29) is 0 Å². The van der Waals surface area contributed by atoms with Crippen molar-refractivity contribution < 1.29 is 9.47 Å². The minimum absolute atomic E-state index is 0.516. The van der Waals surface area contributed by atoms with Gasteiger partial charge in [0.2, 0.25) is 0 Å². The Labute approximate surface area is 180 Å². The SMILES string of the molecule is COc1ccc(N2c3ccc(OC)cc3[C@@H]3CN(C4CCCCCC4)CC[C@H]32)cc1. The molecule has 1 saturated carbocycles. The molecule has 5 rings (SSSR count). The number of piperidine rings is 1. The van der Waals surface area contributed by atoms with E-state index < -0.39 is 0 Å². The summed E-state index contributed by atoms with van der Waals surface area (Å²) in [6.45, 7) is 2.38. The monoisotopic (exact) mass is 406 g/mol. The Kier molecular flexibility index (Phi) is 5.60. The van der Waals surface area contributed by atoms with Crippen molar-refractivity contribution in [3.63, 3.8) is 0 Å². The molecule has 1 saturated heterocycles. The minimum atomic E-state index is 0.516. The van der Waals surface area contributed by atoms with Crippen molar-refractivity contribution in [3.8, 4) is 11.5 Å². The average molecular weight is 407 g/mol. The van der Waals surface area contributed by atoms with Gasteiger partial charge in [0.15, 0.2) is 0 Å². The second-order valence-electron chi connectivity index (χ2n) is 9.10. The van der Waals surface area contributed by atoms with Crippen molar-refractivity contribution in [2.24, 2.45) is 0 Å². The van der Waals surface area contributed by atoms with Crippen LogP contribution in [0.1, 0.15) is 56.4 Å². The smallest absolute Gasteiger partial charge is 0.119 e. The minimum Gasteiger partial charge on any atom is -0.497 e. The maximum atomic E-state index is 5.60. The van der Waals surface area contributed by atoms with Crippen LogP contribution in [0.25, 0.3) is 0 Å². The summed E-state index contributed by atoms with van der Waals surface area (Å²) in [5.74, 6) is 2.41. The van der Waals surface area contributed by atoms with Crippen LogP contribution in [0.15, 0.2) is 42.5 Å². The summed E-state index contributed by atoms with van der Waals surface area (Å²) >= 11 is 0. The Morgan fingerprint density at radius 1 is 0.800 bits per heavy atom. The Hall–Kier alpha value is -2.20. The highest BCUT2D eigenvalue weighted by Gasteiger charge is 2.43. The number of methoxy groups -OCH3 is 2. The molecule has 3 aliphatic rings. The van der Waals surface area contributed by atoms with E-state index in [0.717, 1.165) is 17.5 Å². The van der Waals surface area contributed by atoms with E-state index in [1.165, 1.54) is 75.0 Å². The van der Waals surface area contributed by atoms with Crippen LogP contribution in [0.3, 0.4) is 0 Å². The first-order chi connectivity index (χ1) is 14.8. The molecule has 2 aromatic rings. The highest BCUT2D eigenvalue weighted by molar-refractivity contribution is 5.74. The fourth-order valence-corrected chi connectivity index (χ4v) is 5.96. The fourth-order valence-electron chi connectivity index (χ4n) is 5.96. The van der Waals surface area contributed by atoms with Gasteiger partial charge in [-0.1, -0.05) is 25.7 Å². The van der Waals surface area contributed by atoms with Gasteiger partial charge in [0.25, 0.3) is 0 Å². The third-order valence-corrected chi connectivity index (χ3v) is 7.52. The zero-order valence-corrected chi connectivity index (χ0v) is 18.3. The number of ether oxygens (including phenoxy) is 2. The summed E-state index contributed by atoms with van der Waals surface area (Å²) in [7, 11) is 3.50. The van der Waals surface area contributed by atoms with Gasteiger partial charge in [-0.3, -0.25) is 4.90 Å². The number of hydrogen-bond acceptors (Lipinski definition) is 4. The molecule has 2 aliphatic heterocycles. The number of anilines is 2. The summed E-state index contributed by atoms with van der Waals surface area (Å²) in [5.41, 5.74) is 4.06. The maximum absolute atomic E-state index is 5.60. The van der Waals surface area contributed by atoms with Gasteiger partial charge in [-0.25, -0.2) is 0 Å². The van der Waals surface area contributed by atoms with Gasteiger partial charge >= 0.3 is 0 Å². The summed E-state index contributed by atoms with van der Waals surface area (Å²) in [6, 6.07) is 16.5. The lowest BCUT2D eigenvalue weighted by atomic mass is 9.87. The van der Waals surface area contributed by atoms with Crippen LogP contribution in [-0.4, -0.2) is 44.3 Å². The summed E-state index contributed by atoms with van der Waals surface area (Å²) in [4.78, 5) is 5.39. The Bertz CT molecular complexity index is 858. The van der Waals surface area contributed by atoms with E-state index in [1.807, 2.05) is 0 Å². The number of likely N-dealkylation sites (tertiary alicyclic amines) is 1. The molecule has 30 heavy (non-hydrogen) atoms. The second-order valence-corrected chi connectivity index (χ2v) is 9.10. The largest absolute Gasteiger partial charge is 0.497 e. The van der Waals surface area contributed by atoms with Crippen molar-refractivity contribution in [2.45, 2.75) is 62.9 Å². The Balaban J connectivity index is 1.47. The quantitative estimate of drug-likeness (QED) is 0.605. The lowest BCUT2D eigenvalue weighted by Gasteiger charge is -2.42. The highest BCUT2D eigenvalue weighted by atomic mass is 16.5. The van der Waals surface area contributed by atoms with Crippen LogP contribution < -0.4 is 14.4 Å². The molecule has 2 atom stereocenters. The molecule has 0 spiro atoms. The van der Waals surface area contributed by atoms with Crippen LogP contribution in [0.5, 0.6) is 11.5 Å². The number of hydrogen-bond donors (Lipinski definition) is 0. The molecule has 4 heteroatoms. The number of rotatable bonds is 4. The lowest BCUT2D eigenvalue weighted by Crippen LogP contribution is -2.48. The first-order valence-electron chi connectivity index (χ1n) is 11.6. The van der Waals surface area contributed by atoms with Gasteiger partial charge in [0.1, 0.15) is 11.5 Å². The molecule has 0 amide bonds. The second kappa shape index (κ2) is 8.50. The van der Waals surface area contributed by atoms with Crippen molar-refractivity contribution in [1.82, 2.24) is 4.90 Å². The third kappa shape index (κ3) is 3.56. The number of nitrogens with zero attached hydrogens (tertiary/aromatic N) is 2. The van der Waals surface area contributed by atoms with Gasteiger partial charge in [0.05, 0.1) is 14.2 Å². The van der Waals surface area contributed by atoms with Crippen molar-refractivity contribution in [1.29, 1.82) is 0 Å². The number of benzene rings is 2. The normalized spacial score (nSPS) is 24.8. The van der Waals surface area contributed by atoms with Gasteiger partial charge in [-0.15, -0.1) is 0 Å². The van der Waals surface area contributed by atoms with Crippen molar-refractivity contribution in [2.75, 3.05) is 32.2 Å².